The second kappa shape index (κ2) is 7.11. The first-order valence-corrected chi connectivity index (χ1v) is 7.37. The summed E-state index contributed by atoms with van der Waals surface area (Å²) >= 11 is 1.41. The van der Waals surface area contributed by atoms with E-state index in [1.54, 1.807) is 6.20 Å². The van der Waals surface area contributed by atoms with Gasteiger partial charge in [-0.25, -0.2) is 9.67 Å². The first-order chi connectivity index (χ1) is 9.67. The highest BCUT2D eigenvalue weighted by Crippen LogP contribution is 2.14. The molecule has 2 rings (SSSR count). The largest absolute Gasteiger partial charge is 0.311 e. The molecule has 0 saturated carbocycles. The number of nitrogens with zero attached hydrogens (tertiary/aromatic N) is 4. The molecule has 0 aliphatic heterocycles. The van der Waals surface area contributed by atoms with E-state index in [2.05, 4.69) is 32.9 Å². The van der Waals surface area contributed by atoms with Crippen LogP contribution in [0.2, 0.25) is 0 Å². The van der Waals surface area contributed by atoms with Gasteiger partial charge < -0.3 is 10.6 Å². The van der Waals surface area contributed by atoms with Crippen LogP contribution in [0.25, 0.3) is 0 Å². The highest BCUT2D eigenvalue weighted by molar-refractivity contribution is 7.13. The molecule has 7 nitrogen and oxygen atoms in total. The number of amides is 1. The predicted octanol–water partition coefficient (Wildman–Crippen LogP) is 1.18. The molecular weight excluding hydrogens is 276 g/mol. The zero-order valence-corrected chi connectivity index (χ0v) is 12.4. The van der Waals surface area contributed by atoms with E-state index in [9.17, 15) is 4.79 Å². The standard InChI is InChI=1S/C12H18N6OS/c1-3-4-13-5-10-6-18(17-16-10)7-11(19)15-12-14-9(2)8-20-12/h6,8,13H,3-5,7H2,1-2H3,(H,14,15,19). The third kappa shape index (κ3) is 4.39. The summed E-state index contributed by atoms with van der Waals surface area (Å²) in [5.41, 5.74) is 1.73. The maximum absolute atomic E-state index is 11.8. The highest BCUT2D eigenvalue weighted by Gasteiger charge is 2.08. The normalized spacial score (nSPS) is 10.7. The van der Waals surface area contributed by atoms with Gasteiger partial charge in [-0.05, 0) is 19.9 Å². The minimum absolute atomic E-state index is 0.138. The van der Waals surface area contributed by atoms with Crippen LogP contribution >= 0.6 is 11.3 Å². The molecule has 0 bridgehead atoms. The number of anilines is 1. The second-order valence-corrected chi connectivity index (χ2v) is 5.28. The van der Waals surface area contributed by atoms with Crippen molar-refractivity contribution in [1.82, 2.24) is 25.3 Å². The summed E-state index contributed by atoms with van der Waals surface area (Å²) in [5.74, 6) is -0.155. The average Bonchev–Trinajstić information content (AvgIpc) is 2.99. The Labute approximate surface area is 121 Å². The summed E-state index contributed by atoms with van der Waals surface area (Å²) < 4.78 is 1.53. The van der Waals surface area contributed by atoms with Gasteiger partial charge in [-0.2, -0.15) is 0 Å². The lowest BCUT2D eigenvalue weighted by molar-refractivity contribution is -0.116. The molecule has 0 radical (unpaired) electrons. The molecule has 0 aromatic carbocycles. The predicted molar refractivity (Wildman–Crippen MR) is 77.5 cm³/mol. The third-order valence-corrected chi connectivity index (χ3v) is 3.37. The number of aromatic nitrogens is 4. The van der Waals surface area contributed by atoms with E-state index in [-0.39, 0.29) is 12.5 Å². The van der Waals surface area contributed by atoms with Gasteiger partial charge in [-0.3, -0.25) is 4.79 Å². The van der Waals surface area contributed by atoms with Crippen molar-refractivity contribution in [3.05, 3.63) is 23.0 Å². The summed E-state index contributed by atoms with van der Waals surface area (Å²) in [6.45, 7) is 5.74. The number of rotatable bonds is 7. The van der Waals surface area contributed by atoms with Crippen LogP contribution < -0.4 is 10.6 Å². The monoisotopic (exact) mass is 294 g/mol. The van der Waals surface area contributed by atoms with Crippen molar-refractivity contribution in [3.63, 3.8) is 0 Å². The summed E-state index contributed by atoms with van der Waals surface area (Å²) in [7, 11) is 0. The van der Waals surface area contributed by atoms with E-state index in [0.29, 0.717) is 11.7 Å². The molecule has 1 amide bonds. The molecule has 8 heteroatoms. The zero-order valence-electron chi connectivity index (χ0n) is 11.6. The van der Waals surface area contributed by atoms with Crippen LogP contribution in [0.3, 0.4) is 0 Å². The fraction of sp³-hybridized carbons (Fsp3) is 0.500. The topological polar surface area (TPSA) is 84.7 Å². The summed E-state index contributed by atoms with van der Waals surface area (Å²) in [5, 5.41) is 16.4. The van der Waals surface area contributed by atoms with Crippen molar-refractivity contribution in [2.24, 2.45) is 0 Å². The molecule has 0 aliphatic rings. The Balaban J connectivity index is 1.82. The van der Waals surface area contributed by atoms with Crippen molar-refractivity contribution < 1.29 is 4.79 Å². The molecule has 0 spiro atoms. The van der Waals surface area contributed by atoms with Crippen molar-refractivity contribution >= 4 is 22.4 Å². The van der Waals surface area contributed by atoms with Crippen LogP contribution in [0.5, 0.6) is 0 Å². The number of hydrogen-bond acceptors (Lipinski definition) is 6. The summed E-state index contributed by atoms with van der Waals surface area (Å²) in [6, 6.07) is 0. The van der Waals surface area contributed by atoms with Gasteiger partial charge in [0.2, 0.25) is 5.91 Å². The first kappa shape index (κ1) is 14.6. The molecule has 0 unspecified atom stereocenters. The van der Waals surface area contributed by atoms with E-state index in [4.69, 9.17) is 0 Å². The molecule has 0 fully saturated rings. The zero-order chi connectivity index (χ0) is 14.4. The molecule has 0 atom stereocenters. The fourth-order valence-electron chi connectivity index (χ4n) is 1.61. The van der Waals surface area contributed by atoms with Gasteiger partial charge >= 0.3 is 0 Å². The molecule has 0 saturated heterocycles. The lowest BCUT2D eigenvalue weighted by Crippen LogP contribution is -2.19. The van der Waals surface area contributed by atoms with E-state index in [0.717, 1.165) is 24.4 Å². The lowest BCUT2D eigenvalue weighted by Gasteiger charge is -2.00. The lowest BCUT2D eigenvalue weighted by atomic mass is 10.4. The van der Waals surface area contributed by atoms with E-state index < -0.39 is 0 Å². The SMILES string of the molecule is CCCNCc1cn(CC(=O)Nc2nc(C)cs2)nn1. The van der Waals surface area contributed by atoms with Crippen LogP contribution in [-0.4, -0.2) is 32.4 Å². The second-order valence-electron chi connectivity index (χ2n) is 4.43. The molecule has 2 N–H and O–H groups in total. The summed E-state index contributed by atoms with van der Waals surface area (Å²) in [4.78, 5) is 16.0. The van der Waals surface area contributed by atoms with Crippen LogP contribution in [0.1, 0.15) is 24.7 Å². The smallest absolute Gasteiger partial charge is 0.247 e. The molecule has 2 heterocycles. The average molecular weight is 294 g/mol. The Kier molecular flexibility index (Phi) is 5.19. The Bertz CT molecular complexity index is 564. The number of carbonyl (C=O) groups is 1. The number of carbonyl (C=O) groups excluding carboxylic acids is 1. The van der Waals surface area contributed by atoms with Gasteiger partial charge in [0.05, 0.1) is 17.6 Å². The number of aryl methyl sites for hydroxylation is 1. The van der Waals surface area contributed by atoms with Gasteiger partial charge in [0.15, 0.2) is 5.13 Å². The van der Waals surface area contributed by atoms with Gasteiger partial charge in [0, 0.05) is 11.9 Å². The summed E-state index contributed by atoms with van der Waals surface area (Å²) in [6.07, 6.45) is 2.85. The van der Waals surface area contributed by atoms with Crippen LogP contribution in [0, 0.1) is 6.92 Å². The highest BCUT2D eigenvalue weighted by atomic mass is 32.1. The molecule has 108 valence electrons. The third-order valence-electron chi connectivity index (χ3n) is 2.49. The van der Waals surface area contributed by atoms with Crippen LogP contribution in [0.4, 0.5) is 5.13 Å². The number of nitrogens with one attached hydrogen (secondary N) is 2. The quantitative estimate of drug-likeness (QED) is 0.749. The van der Waals surface area contributed by atoms with Crippen molar-refractivity contribution in [1.29, 1.82) is 0 Å². The molecule has 2 aromatic heterocycles. The minimum atomic E-state index is -0.155. The Morgan fingerprint density at radius 3 is 3.05 bits per heavy atom. The fourth-order valence-corrected chi connectivity index (χ4v) is 2.31. The van der Waals surface area contributed by atoms with Gasteiger partial charge in [-0.1, -0.05) is 12.1 Å². The van der Waals surface area contributed by atoms with E-state index in [1.807, 2.05) is 12.3 Å². The number of hydrogen-bond donors (Lipinski definition) is 2. The first-order valence-electron chi connectivity index (χ1n) is 6.49. The van der Waals surface area contributed by atoms with Crippen molar-refractivity contribution in [3.8, 4) is 0 Å². The Morgan fingerprint density at radius 2 is 2.35 bits per heavy atom. The Hall–Kier alpha value is -1.80. The Morgan fingerprint density at radius 1 is 1.50 bits per heavy atom. The maximum Gasteiger partial charge on any atom is 0.247 e. The van der Waals surface area contributed by atoms with Crippen molar-refractivity contribution in [2.75, 3.05) is 11.9 Å². The minimum Gasteiger partial charge on any atom is -0.311 e. The van der Waals surface area contributed by atoms with Gasteiger partial charge in [0.1, 0.15) is 6.54 Å². The molecule has 2 aromatic rings. The van der Waals surface area contributed by atoms with Crippen LogP contribution in [0.15, 0.2) is 11.6 Å². The molecule has 0 aliphatic carbocycles. The molecule has 20 heavy (non-hydrogen) atoms. The number of thiazole rings is 1. The molecular formula is C12H18N6OS. The van der Waals surface area contributed by atoms with Gasteiger partial charge in [-0.15, -0.1) is 16.4 Å². The maximum atomic E-state index is 11.8. The van der Waals surface area contributed by atoms with Crippen LogP contribution in [-0.2, 0) is 17.9 Å². The van der Waals surface area contributed by atoms with E-state index in [1.165, 1.54) is 16.0 Å². The van der Waals surface area contributed by atoms with Crippen molar-refractivity contribution in [2.45, 2.75) is 33.4 Å². The van der Waals surface area contributed by atoms with Gasteiger partial charge in [0.25, 0.3) is 0 Å². The van der Waals surface area contributed by atoms with E-state index >= 15 is 0 Å².